The molecule has 0 aliphatic rings. The molecule has 0 amide bonds. The highest BCUT2D eigenvalue weighted by Gasteiger charge is 2.16. The second kappa shape index (κ2) is 4.51. The van der Waals surface area contributed by atoms with Crippen LogP contribution in [-0.2, 0) is 0 Å². The monoisotopic (exact) mass is 290 g/mol. The minimum Gasteiger partial charge on any atom is -0.478 e. The van der Waals surface area contributed by atoms with Crippen LogP contribution in [-0.4, -0.2) is 25.7 Å². The van der Waals surface area contributed by atoms with Crippen LogP contribution in [0.1, 0.15) is 10.4 Å². The standard InChI is InChI=1S/C13H8F2N4O2/c14-7-1-6(2-8(15)3-7)10-5-19-11(17-13(16)18-19)4-9(10)12(20)21/h1-5H,(H2,16,18)(H,20,21). The van der Waals surface area contributed by atoms with E-state index in [0.29, 0.717) is 6.07 Å². The summed E-state index contributed by atoms with van der Waals surface area (Å²) in [6.07, 6.45) is 1.32. The molecule has 3 rings (SSSR count). The van der Waals surface area contributed by atoms with E-state index in [1.54, 1.807) is 0 Å². The number of carboxylic acid groups (broad SMARTS) is 1. The Hall–Kier alpha value is -3.03. The first-order valence-corrected chi connectivity index (χ1v) is 5.80. The maximum atomic E-state index is 13.3. The molecule has 0 aliphatic heterocycles. The van der Waals surface area contributed by atoms with Crippen LogP contribution in [0.25, 0.3) is 16.8 Å². The van der Waals surface area contributed by atoms with Crippen molar-refractivity contribution in [2.45, 2.75) is 0 Å². The molecular formula is C13H8F2N4O2. The average molecular weight is 290 g/mol. The van der Waals surface area contributed by atoms with Gasteiger partial charge in [0, 0.05) is 17.8 Å². The Morgan fingerprint density at radius 1 is 1.19 bits per heavy atom. The summed E-state index contributed by atoms with van der Waals surface area (Å²) in [5.74, 6) is -2.90. The van der Waals surface area contributed by atoms with E-state index in [1.807, 2.05) is 0 Å². The van der Waals surface area contributed by atoms with Gasteiger partial charge in [-0.2, -0.15) is 4.98 Å². The van der Waals surface area contributed by atoms with E-state index in [1.165, 1.54) is 16.8 Å². The zero-order chi connectivity index (χ0) is 15.1. The first-order chi connectivity index (χ1) is 9.94. The average Bonchev–Trinajstić information content (AvgIpc) is 2.75. The molecule has 21 heavy (non-hydrogen) atoms. The van der Waals surface area contributed by atoms with Crippen molar-refractivity contribution in [2.24, 2.45) is 0 Å². The van der Waals surface area contributed by atoms with Gasteiger partial charge in [-0.3, -0.25) is 0 Å². The van der Waals surface area contributed by atoms with Crippen LogP contribution in [0.5, 0.6) is 0 Å². The quantitative estimate of drug-likeness (QED) is 0.752. The van der Waals surface area contributed by atoms with Crippen molar-refractivity contribution in [3.05, 3.63) is 47.7 Å². The number of nitrogen functional groups attached to an aromatic ring is 1. The van der Waals surface area contributed by atoms with E-state index in [0.717, 1.165) is 12.1 Å². The highest BCUT2D eigenvalue weighted by atomic mass is 19.1. The molecule has 0 bridgehead atoms. The van der Waals surface area contributed by atoms with Gasteiger partial charge in [0.15, 0.2) is 5.65 Å². The minimum absolute atomic E-state index is 0.0334. The summed E-state index contributed by atoms with van der Waals surface area (Å²) in [4.78, 5) is 15.2. The maximum absolute atomic E-state index is 13.3. The Balaban J connectivity index is 2.33. The highest BCUT2D eigenvalue weighted by Crippen LogP contribution is 2.26. The van der Waals surface area contributed by atoms with E-state index in [2.05, 4.69) is 10.1 Å². The van der Waals surface area contributed by atoms with E-state index >= 15 is 0 Å². The summed E-state index contributed by atoms with van der Waals surface area (Å²) in [6, 6.07) is 4.02. The number of hydrogen-bond donors (Lipinski definition) is 2. The lowest BCUT2D eigenvalue weighted by molar-refractivity contribution is 0.0697. The summed E-state index contributed by atoms with van der Waals surface area (Å²) >= 11 is 0. The van der Waals surface area contributed by atoms with Crippen molar-refractivity contribution in [3.63, 3.8) is 0 Å². The van der Waals surface area contributed by atoms with Crippen molar-refractivity contribution in [2.75, 3.05) is 5.73 Å². The summed E-state index contributed by atoms with van der Waals surface area (Å²) in [6.45, 7) is 0. The Morgan fingerprint density at radius 2 is 1.86 bits per heavy atom. The number of carboxylic acids is 1. The van der Waals surface area contributed by atoms with Crippen LogP contribution in [0.4, 0.5) is 14.7 Å². The van der Waals surface area contributed by atoms with Crippen molar-refractivity contribution < 1.29 is 18.7 Å². The van der Waals surface area contributed by atoms with Gasteiger partial charge < -0.3 is 10.8 Å². The highest BCUT2D eigenvalue weighted by molar-refractivity contribution is 5.97. The van der Waals surface area contributed by atoms with Crippen molar-refractivity contribution in [1.29, 1.82) is 0 Å². The summed E-state index contributed by atoms with van der Waals surface area (Å²) in [5.41, 5.74) is 5.71. The zero-order valence-electron chi connectivity index (χ0n) is 10.4. The van der Waals surface area contributed by atoms with E-state index in [4.69, 9.17) is 5.73 Å². The van der Waals surface area contributed by atoms with E-state index in [9.17, 15) is 18.7 Å². The number of rotatable bonds is 2. The Kier molecular flexibility index (Phi) is 2.79. The molecule has 0 saturated heterocycles. The fraction of sp³-hybridized carbons (Fsp3) is 0. The smallest absolute Gasteiger partial charge is 0.336 e. The van der Waals surface area contributed by atoms with E-state index < -0.39 is 17.6 Å². The molecule has 0 unspecified atom stereocenters. The van der Waals surface area contributed by atoms with Crippen LogP contribution >= 0.6 is 0 Å². The Morgan fingerprint density at radius 3 is 2.48 bits per heavy atom. The number of pyridine rings is 1. The van der Waals surface area contributed by atoms with Gasteiger partial charge in [0.1, 0.15) is 11.6 Å². The molecule has 0 saturated carbocycles. The van der Waals surface area contributed by atoms with E-state index in [-0.39, 0.29) is 28.3 Å². The number of fused-ring (bicyclic) bond motifs is 1. The number of anilines is 1. The third-order valence-corrected chi connectivity index (χ3v) is 2.89. The third kappa shape index (κ3) is 2.27. The van der Waals surface area contributed by atoms with Gasteiger partial charge in [0.05, 0.1) is 5.56 Å². The largest absolute Gasteiger partial charge is 0.478 e. The topological polar surface area (TPSA) is 93.5 Å². The molecule has 1 aromatic carbocycles. The molecule has 0 aliphatic carbocycles. The zero-order valence-corrected chi connectivity index (χ0v) is 10.4. The van der Waals surface area contributed by atoms with Crippen molar-refractivity contribution in [1.82, 2.24) is 14.6 Å². The first kappa shape index (κ1) is 13.0. The number of halogens is 2. The van der Waals surface area contributed by atoms with Crippen LogP contribution < -0.4 is 5.73 Å². The molecule has 0 atom stereocenters. The first-order valence-electron chi connectivity index (χ1n) is 5.80. The fourth-order valence-electron chi connectivity index (χ4n) is 2.06. The number of hydrogen-bond acceptors (Lipinski definition) is 4. The number of benzene rings is 1. The third-order valence-electron chi connectivity index (χ3n) is 2.89. The SMILES string of the molecule is Nc1nc2cc(C(=O)O)c(-c3cc(F)cc(F)c3)cn2n1. The predicted molar refractivity (Wildman–Crippen MR) is 69.7 cm³/mol. The van der Waals surface area contributed by atoms with Crippen LogP contribution in [0.3, 0.4) is 0 Å². The number of aromatic carboxylic acids is 1. The second-order valence-corrected chi connectivity index (χ2v) is 4.34. The fourth-order valence-corrected chi connectivity index (χ4v) is 2.06. The molecule has 3 aromatic rings. The van der Waals surface area contributed by atoms with Gasteiger partial charge in [-0.15, -0.1) is 5.10 Å². The molecule has 0 radical (unpaired) electrons. The summed E-state index contributed by atoms with van der Waals surface area (Å²) in [7, 11) is 0. The molecule has 0 fully saturated rings. The Bertz CT molecular complexity index is 856. The van der Waals surface area contributed by atoms with Crippen LogP contribution in [0, 0.1) is 11.6 Å². The number of carbonyl (C=O) groups is 1. The molecule has 0 spiro atoms. The number of aromatic nitrogens is 3. The molecule has 6 nitrogen and oxygen atoms in total. The molecule has 3 N–H and O–H groups in total. The predicted octanol–water partition coefficient (Wildman–Crippen LogP) is 1.95. The summed E-state index contributed by atoms with van der Waals surface area (Å²) in [5, 5.41) is 13.1. The van der Waals surface area contributed by atoms with Gasteiger partial charge in [0.2, 0.25) is 5.95 Å². The van der Waals surface area contributed by atoms with Gasteiger partial charge in [0.25, 0.3) is 0 Å². The van der Waals surface area contributed by atoms with Gasteiger partial charge in [-0.05, 0) is 23.8 Å². The molecule has 2 heterocycles. The van der Waals surface area contributed by atoms with Gasteiger partial charge >= 0.3 is 5.97 Å². The van der Waals surface area contributed by atoms with Crippen molar-refractivity contribution >= 4 is 17.6 Å². The second-order valence-electron chi connectivity index (χ2n) is 4.34. The van der Waals surface area contributed by atoms with Crippen LogP contribution in [0.2, 0.25) is 0 Å². The van der Waals surface area contributed by atoms with Crippen LogP contribution in [0.15, 0.2) is 30.5 Å². The minimum atomic E-state index is -1.25. The van der Waals surface area contributed by atoms with Gasteiger partial charge in [-0.25, -0.2) is 18.1 Å². The normalized spacial score (nSPS) is 11.0. The lowest BCUT2D eigenvalue weighted by Crippen LogP contribution is -2.03. The molecular weight excluding hydrogens is 282 g/mol. The van der Waals surface area contributed by atoms with Gasteiger partial charge in [-0.1, -0.05) is 0 Å². The molecule has 2 aromatic heterocycles. The maximum Gasteiger partial charge on any atom is 0.336 e. The number of nitrogens with zero attached hydrogens (tertiary/aromatic N) is 3. The molecule has 8 heteroatoms. The van der Waals surface area contributed by atoms with Crippen molar-refractivity contribution in [3.8, 4) is 11.1 Å². The summed E-state index contributed by atoms with van der Waals surface area (Å²) < 4.78 is 27.9. The Labute approximate surface area is 116 Å². The molecule has 106 valence electrons. The lowest BCUT2D eigenvalue weighted by atomic mass is 10.0. The lowest BCUT2D eigenvalue weighted by Gasteiger charge is -2.07. The number of nitrogens with two attached hydrogens (primary N) is 1.